The molecule has 2 aromatic heterocycles. The Morgan fingerprint density at radius 1 is 0.978 bits per heavy atom. The lowest BCUT2D eigenvalue weighted by Gasteiger charge is -2.17. The number of nitrogens with zero attached hydrogens (tertiary/aromatic N) is 4. The molecule has 0 bridgehead atoms. The number of ether oxygens (including phenoxy) is 2. The van der Waals surface area contributed by atoms with E-state index >= 15 is 0 Å². The van der Waals surface area contributed by atoms with Crippen molar-refractivity contribution in [3.63, 3.8) is 0 Å². The molecule has 2 aromatic carbocycles. The molecule has 45 heavy (non-hydrogen) atoms. The number of esters is 1. The minimum Gasteiger partial charge on any atom is -0.447 e. The quantitative estimate of drug-likeness (QED) is 0.167. The van der Waals surface area contributed by atoms with Gasteiger partial charge in [0.1, 0.15) is 5.75 Å². The second-order valence-corrected chi connectivity index (χ2v) is 9.79. The molecule has 0 saturated heterocycles. The number of aryl methyl sites for hydroxylation is 2. The number of carbonyl (C=O) groups excluding carboxylic acids is 3. The Labute approximate surface area is 254 Å². The first-order valence-corrected chi connectivity index (χ1v) is 13.7. The summed E-state index contributed by atoms with van der Waals surface area (Å²) in [6.07, 6.45) is -1.81. The van der Waals surface area contributed by atoms with E-state index in [1.165, 1.54) is 40.6 Å². The van der Waals surface area contributed by atoms with Crippen LogP contribution >= 0.6 is 0 Å². The fraction of sp³-hybridized carbons (Fsp3) is 0.267. The van der Waals surface area contributed by atoms with Crippen LogP contribution in [0.5, 0.6) is 5.75 Å². The second kappa shape index (κ2) is 14.8. The van der Waals surface area contributed by atoms with Crippen LogP contribution in [0.4, 0.5) is 18.9 Å². The molecule has 4 rings (SSSR count). The van der Waals surface area contributed by atoms with Crippen LogP contribution in [-0.2, 0) is 34.0 Å². The van der Waals surface area contributed by atoms with Gasteiger partial charge < -0.3 is 24.7 Å². The second-order valence-electron chi connectivity index (χ2n) is 9.79. The highest BCUT2D eigenvalue weighted by Gasteiger charge is 2.31. The fourth-order valence-corrected chi connectivity index (χ4v) is 4.24. The van der Waals surface area contributed by atoms with Gasteiger partial charge in [-0.3, -0.25) is 23.9 Å². The zero-order valence-corrected chi connectivity index (χ0v) is 24.0. The summed E-state index contributed by atoms with van der Waals surface area (Å²) in [5.74, 6) is -2.16. The number of halogens is 3. The molecule has 4 aromatic rings. The lowest BCUT2D eigenvalue weighted by molar-refractivity contribution is -0.274. The largest absolute Gasteiger partial charge is 0.573 e. The first-order valence-electron chi connectivity index (χ1n) is 13.7. The van der Waals surface area contributed by atoms with Crippen molar-refractivity contribution in [3.05, 3.63) is 106 Å². The van der Waals surface area contributed by atoms with Crippen LogP contribution in [0.25, 0.3) is 0 Å². The maximum absolute atomic E-state index is 12.8. The molecule has 2 heterocycles. The molecule has 1 unspecified atom stereocenters. The standard InChI is InChI=1S/C30H29F3N6O6/c1-20(40)44-27(22-9-3-2-4-10-22)29(43)35-23-12-15-38(26(41)17-23)13-5-6-14-39-19-25(36-37-39)28(42)34-18-21-8-7-11-24(16-21)45-30(31,32)33/h2-4,7-12,15-17,19,27H,5-6,13-14,18H2,1H3,(H,34,42)(H,35,43). The molecule has 0 radical (unpaired) electrons. The summed E-state index contributed by atoms with van der Waals surface area (Å²) in [5, 5.41) is 12.9. The Hall–Kier alpha value is -5.47. The van der Waals surface area contributed by atoms with E-state index in [0.29, 0.717) is 37.1 Å². The van der Waals surface area contributed by atoms with E-state index in [0.717, 1.165) is 6.07 Å². The van der Waals surface area contributed by atoms with Crippen molar-refractivity contribution in [1.82, 2.24) is 24.9 Å². The number of amides is 2. The van der Waals surface area contributed by atoms with Crippen LogP contribution in [-0.4, -0.2) is 43.7 Å². The molecule has 0 aliphatic carbocycles. The minimum atomic E-state index is -4.82. The minimum absolute atomic E-state index is 0.0368. The van der Waals surface area contributed by atoms with Crippen LogP contribution in [0.3, 0.4) is 0 Å². The fourth-order valence-electron chi connectivity index (χ4n) is 4.24. The molecule has 15 heteroatoms. The number of aromatic nitrogens is 4. The Bertz CT molecular complexity index is 1690. The van der Waals surface area contributed by atoms with Crippen LogP contribution in [0.2, 0.25) is 0 Å². The number of unbranched alkanes of at least 4 members (excludes halogenated alkanes) is 1. The Kier molecular flexibility index (Phi) is 10.7. The molecule has 0 spiro atoms. The van der Waals surface area contributed by atoms with E-state index in [1.807, 2.05) is 0 Å². The lowest BCUT2D eigenvalue weighted by Crippen LogP contribution is -2.26. The highest BCUT2D eigenvalue weighted by Crippen LogP contribution is 2.23. The monoisotopic (exact) mass is 626 g/mol. The molecule has 2 amide bonds. The summed E-state index contributed by atoms with van der Waals surface area (Å²) in [5.41, 5.74) is 0.843. The van der Waals surface area contributed by atoms with Gasteiger partial charge in [0.15, 0.2) is 5.69 Å². The molecule has 236 valence electrons. The number of carbonyl (C=O) groups is 3. The van der Waals surface area contributed by atoms with E-state index in [-0.39, 0.29) is 23.5 Å². The number of hydrogen-bond acceptors (Lipinski definition) is 8. The van der Waals surface area contributed by atoms with Crippen molar-refractivity contribution >= 4 is 23.5 Å². The molecule has 1 atom stereocenters. The first-order chi connectivity index (χ1) is 21.5. The van der Waals surface area contributed by atoms with Gasteiger partial charge in [-0.05, 0) is 36.6 Å². The Balaban J connectivity index is 1.23. The van der Waals surface area contributed by atoms with E-state index in [2.05, 4.69) is 25.7 Å². The van der Waals surface area contributed by atoms with Crippen molar-refractivity contribution in [3.8, 4) is 5.75 Å². The molecule has 0 aliphatic rings. The van der Waals surface area contributed by atoms with Crippen LogP contribution in [0, 0.1) is 0 Å². The summed E-state index contributed by atoms with van der Waals surface area (Å²) >= 11 is 0. The average molecular weight is 627 g/mol. The molecular weight excluding hydrogens is 597 g/mol. The van der Waals surface area contributed by atoms with E-state index in [9.17, 15) is 32.3 Å². The molecular formula is C30H29F3N6O6. The van der Waals surface area contributed by atoms with Gasteiger partial charge in [0.2, 0.25) is 6.10 Å². The number of pyridine rings is 1. The number of hydrogen-bond donors (Lipinski definition) is 2. The highest BCUT2D eigenvalue weighted by molar-refractivity contribution is 5.95. The van der Waals surface area contributed by atoms with Gasteiger partial charge >= 0.3 is 12.3 Å². The SMILES string of the molecule is CC(=O)OC(C(=O)Nc1ccn(CCCCn2cc(C(=O)NCc3cccc(OC(F)(F)F)c3)nn2)c(=O)c1)c1ccccc1. The maximum atomic E-state index is 12.8. The predicted molar refractivity (Wildman–Crippen MR) is 154 cm³/mol. The highest BCUT2D eigenvalue weighted by atomic mass is 19.4. The van der Waals surface area contributed by atoms with Crippen molar-refractivity contribution < 1.29 is 37.0 Å². The third-order valence-electron chi connectivity index (χ3n) is 6.28. The van der Waals surface area contributed by atoms with Gasteiger partial charge in [0.05, 0.1) is 6.20 Å². The Morgan fingerprint density at radius 2 is 1.73 bits per heavy atom. The van der Waals surface area contributed by atoms with E-state index < -0.39 is 36.0 Å². The topological polar surface area (TPSA) is 146 Å². The summed E-state index contributed by atoms with van der Waals surface area (Å²) in [6.45, 7) is 1.96. The van der Waals surface area contributed by atoms with Gasteiger partial charge in [-0.25, -0.2) is 0 Å². The molecule has 0 aliphatic heterocycles. The summed E-state index contributed by atoms with van der Waals surface area (Å²) in [7, 11) is 0. The third-order valence-corrected chi connectivity index (χ3v) is 6.28. The van der Waals surface area contributed by atoms with Crippen molar-refractivity contribution in [2.75, 3.05) is 5.32 Å². The zero-order valence-electron chi connectivity index (χ0n) is 24.0. The predicted octanol–water partition coefficient (Wildman–Crippen LogP) is 3.99. The summed E-state index contributed by atoms with van der Waals surface area (Å²) in [6, 6.07) is 16.6. The smallest absolute Gasteiger partial charge is 0.447 e. The summed E-state index contributed by atoms with van der Waals surface area (Å²) < 4.78 is 49.3. The van der Waals surface area contributed by atoms with Gasteiger partial charge in [0, 0.05) is 50.1 Å². The maximum Gasteiger partial charge on any atom is 0.573 e. The summed E-state index contributed by atoms with van der Waals surface area (Å²) in [4.78, 5) is 49.4. The normalized spacial score (nSPS) is 11.8. The zero-order chi connectivity index (χ0) is 32.4. The number of benzene rings is 2. The molecule has 12 nitrogen and oxygen atoms in total. The lowest BCUT2D eigenvalue weighted by atomic mass is 10.1. The Morgan fingerprint density at radius 3 is 2.44 bits per heavy atom. The van der Waals surface area contributed by atoms with Crippen molar-refractivity contribution in [2.24, 2.45) is 0 Å². The van der Waals surface area contributed by atoms with E-state index in [4.69, 9.17) is 4.74 Å². The molecule has 0 fully saturated rings. The van der Waals surface area contributed by atoms with Gasteiger partial charge in [-0.1, -0.05) is 47.7 Å². The van der Waals surface area contributed by atoms with Gasteiger partial charge in [-0.2, -0.15) is 0 Å². The number of rotatable bonds is 13. The molecule has 0 saturated carbocycles. The van der Waals surface area contributed by atoms with Crippen LogP contribution in [0.15, 0.2) is 83.9 Å². The third kappa shape index (κ3) is 10.0. The van der Waals surface area contributed by atoms with E-state index in [1.54, 1.807) is 48.7 Å². The number of alkyl halides is 3. The first kappa shape index (κ1) is 32.4. The van der Waals surface area contributed by atoms with Gasteiger partial charge in [-0.15, -0.1) is 18.3 Å². The van der Waals surface area contributed by atoms with Crippen LogP contribution in [0.1, 0.15) is 47.5 Å². The molecule has 2 N–H and O–H groups in total. The number of anilines is 1. The van der Waals surface area contributed by atoms with Crippen molar-refractivity contribution in [1.29, 1.82) is 0 Å². The number of nitrogens with one attached hydrogen (secondary N) is 2. The van der Waals surface area contributed by atoms with Crippen LogP contribution < -0.4 is 20.9 Å². The van der Waals surface area contributed by atoms with Gasteiger partial charge in [0.25, 0.3) is 17.4 Å². The average Bonchev–Trinajstić information content (AvgIpc) is 3.46. The van der Waals surface area contributed by atoms with Crippen molar-refractivity contribution in [2.45, 2.75) is 51.9 Å².